The van der Waals surface area contributed by atoms with E-state index in [0.717, 1.165) is 25.2 Å². The van der Waals surface area contributed by atoms with Crippen LogP contribution in [0.15, 0.2) is 41.1 Å². The van der Waals surface area contributed by atoms with E-state index in [-0.39, 0.29) is 12.0 Å². The average Bonchev–Trinajstić information content (AvgIpc) is 3.35. The zero-order chi connectivity index (χ0) is 18.2. The molecule has 7 heteroatoms. The molecule has 3 heterocycles. The number of ether oxygens (including phenoxy) is 3. The molecule has 0 aliphatic carbocycles. The van der Waals surface area contributed by atoms with Gasteiger partial charge in [-0.1, -0.05) is 0 Å². The van der Waals surface area contributed by atoms with Crippen LogP contribution < -0.4 is 4.74 Å². The number of aromatic nitrogens is 1. The minimum absolute atomic E-state index is 0.0449. The normalized spacial score (nSPS) is 16.6. The molecule has 7 nitrogen and oxygen atoms in total. The second kappa shape index (κ2) is 9.35. The third-order valence-electron chi connectivity index (χ3n) is 4.19. The van der Waals surface area contributed by atoms with Crippen LogP contribution in [0.25, 0.3) is 0 Å². The van der Waals surface area contributed by atoms with E-state index in [2.05, 4.69) is 4.98 Å². The first kappa shape index (κ1) is 18.4. The van der Waals surface area contributed by atoms with Crippen LogP contribution in [0, 0.1) is 0 Å². The molecule has 0 spiro atoms. The molecule has 140 valence electrons. The number of nitrogens with zero attached hydrogens (tertiary/aromatic N) is 2. The van der Waals surface area contributed by atoms with Gasteiger partial charge in [0.2, 0.25) is 5.88 Å². The smallest absolute Gasteiger partial charge is 0.259 e. The van der Waals surface area contributed by atoms with Crippen LogP contribution in [0.2, 0.25) is 0 Å². The van der Waals surface area contributed by atoms with E-state index in [4.69, 9.17) is 18.6 Å². The van der Waals surface area contributed by atoms with Crippen molar-refractivity contribution in [2.45, 2.75) is 25.5 Å². The van der Waals surface area contributed by atoms with Gasteiger partial charge in [-0.3, -0.25) is 4.79 Å². The van der Waals surface area contributed by atoms with Gasteiger partial charge >= 0.3 is 0 Å². The highest BCUT2D eigenvalue weighted by Crippen LogP contribution is 2.21. The first-order valence-corrected chi connectivity index (χ1v) is 8.78. The van der Waals surface area contributed by atoms with Gasteiger partial charge in [-0.05, 0) is 37.1 Å². The van der Waals surface area contributed by atoms with Crippen LogP contribution in [-0.2, 0) is 16.0 Å². The summed E-state index contributed by atoms with van der Waals surface area (Å²) in [6, 6.07) is 7.12. The molecule has 1 aliphatic heterocycles. The summed E-state index contributed by atoms with van der Waals surface area (Å²) in [7, 11) is 1.60. The minimum atomic E-state index is -0.155. The lowest BCUT2D eigenvalue weighted by atomic mass is 10.2. The van der Waals surface area contributed by atoms with Crippen LogP contribution in [0.4, 0.5) is 0 Å². The van der Waals surface area contributed by atoms with Gasteiger partial charge in [0, 0.05) is 26.5 Å². The number of amides is 1. The number of hydrogen-bond donors (Lipinski definition) is 0. The van der Waals surface area contributed by atoms with Crippen molar-refractivity contribution in [1.82, 2.24) is 9.88 Å². The number of hydrogen-bond acceptors (Lipinski definition) is 6. The molecular weight excluding hydrogens is 336 g/mol. The summed E-state index contributed by atoms with van der Waals surface area (Å²) in [4.78, 5) is 19.1. The second-order valence-corrected chi connectivity index (χ2v) is 6.10. The van der Waals surface area contributed by atoms with Crippen molar-refractivity contribution in [2.75, 3.05) is 33.5 Å². The highest BCUT2D eigenvalue weighted by atomic mass is 16.5. The summed E-state index contributed by atoms with van der Waals surface area (Å²) in [5, 5.41) is 0. The van der Waals surface area contributed by atoms with Crippen molar-refractivity contribution < 1.29 is 23.4 Å². The van der Waals surface area contributed by atoms with Gasteiger partial charge in [0.25, 0.3) is 5.91 Å². The van der Waals surface area contributed by atoms with E-state index in [1.807, 2.05) is 12.1 Å². The number of carbonyl (C=O) groups is 1. The molecule has 0 aromatic carbocycles. The molecule has 1 saturated heterocycles. The van der Waals surface area contributed by atoms with Crippen molar-refractivity contribution in [3.05, 3.63) is 48.0 Å². The fourth-order valence-corrected chi connectivity index (χ4v) is 2.90. The Kier molecular flexibility index (Phi) is 6.62. The van der Waals surface area contributed by atoms with Gasteiger partial charge in [0.05, 0.1) is 25.5 Å². The lowest BCUT2D eigenvalue weighted by molar-refractivity contribution is 0.0486. The molecular formula is C19H24N2O5. The molecule has 1 aliphatic rings. The van der Waals surface area contributed by atoms with Gasteiger partial charge < -0.3 is 23.5 Å². The first-order valence-electron chi connectivity index (χ1n) is 8.78. The summed E-state index contributed by atoms with van der Waals surface area (Å²) in [6.45, 7) is 2.38. The molecule has 2 aromatic rings. The molecule has 0 radical (unpaired) electrons. The maximum Gasteiger partial charge on any atom is 0.259 e. The lowest BCUT2D eigenvalue weighted by Crippen LogP contribution is -2.37. The molecule has 1 atom stereocenters. The van der Waals surface area contributed by atoms with Crippen LogP contribution in [-0.4, -0.2) is 55.4 Å². The van der Waals surface area contributed by atoms with Crippen molar-refractivity contribution in [3.8, 4) is 5.88 Å². The number of pyridine rings is 1. The Bertz CT molecular complexity index is 683. The van der Waals surface area contributed by atoms with Gasteiger partial charge in [0.15, 0.2) is 0 Å². The third kappa shape index (κ3) is 4.83. The summed E-state index contributed by atoms with van der Waals surface area (Å²) < 4.78 is 21.7. The van der Waals surface area contributed by atoms with Crippen molar-refractivity contribution in [2.24, 2.45) is 0 Å². The molecule has 1 amide bonds. The Labute approximate surface area is 152 Å². The first-order chi connectivity index (χ1) is 12.8. The van der Waals surface area contributed by atoms with E-state index in [0.29, 0.717) is 37.7 Å². The average molecular weight is 360 g/mol. The predicted octanol–water partition coefficient (Wildman–Crippen LogP) is 2.52. The monoisotopic (exact) mass is 360 g/mol. The molecule has 0 N–H and O–H groups in total. The highest BCUT2D eigenvalue weighted by molar-refractivity contribution is 5.96. The van der Waals surface area contributed by atoms with E-state index < -0.39 is 0 Å². The van der Waals surface area contributed by atoms with Crippen molar-refractivity contribution in [3.63, 3.8) is 0 Å². The molecule has 1 fully saturated rings. The quantitative estimate of drug-likeness (QED) is 0.640. The molecule has 0 bridgehead atoms. The second-order valence-electron chi connectivity index (χ2n) is 6.10. The maximum absolute atomic E-state index is 13.2. The Morgan fingerprint density at radius 1 is 1.35 bits per heavy atom. The minimum Gasteiger partial charge on any atom is -0.475 e. The van der Waals surface area contributed by atoms with Crippen LogP contribution in [0.5, 0.6) is 5.88 Å². The van der Waals surface area contributed by atoms with Crippen LogP contribution in [0.3, 0.4) is 0 Å². The number of rotatable bonds is 9. The Balaban J connectivity index is 1.77. The Hall–Kier alpha value is -2.38. The predicted molar refractivity (Wildman–Crippen MR) is 94.0 cm³/mol. The standard InChI is InChI=1S/C19H24N2O5/c1-23-11-12-26-18-17(7-2-8-20-18)19(22)21(13-15-5-3-9-24-15)14-16-6-4-10-25-16/h2-3,5,7-9,16H,4,6,10-14H2,1H3. The molecule has 1 unspecified atom stereocenters. The van der Waals surface area contributed by atoms with Crippen LogP contribution >= 0.6 is 0 Å². The summed E-state index contributed by atoms with van der Waals surface area (Å²) in [6.07, 6.45) is 5.23. The molecule has 2 aromatic heterocycles. The summed E-state index contributed by atoms with van der Waals surface area (Å²) in [5.74, 6) is 0.880. The van der Waals surface area contributed by atoms with Crippen molar-refractivity contribution >= 4 is 5.91 Å². The number of carbonyl (C=O) groups excluding carboxylic acids is 1. The van der Waals surface area contributed by atoms with E-state index in [1.54, 1.807) is 36.6 Å². The van der Waals surface area contributed by atoms with Gasteiger partial charge in [0.1, 0.15) is 17.9 Å². The fourth-order valence-electron chi connectivity index (χ4n) is 2.90. The zero-order valence-electron chi connectivity index (χ0n) is 14.9. The highest BCUT2D eigenvalue weighted by Gasteiger charge is 2.26. The van der Waals surface area contributed by atoms with E-state index >= 15 is 0 Å². The van der Waals surface area contributed by atoms with E-state index in [1.165, 1.54) is 0 Å². The van der Waals surface area contributed by atoms with Gasteiger partial charge in [-0.15, -0.1) is 0 Å². The Morgan fingerprint density at radius 3 is 3.00 bits per heavy atom. The van der Waals surface area contributed by atoms with E-state index in [9.17, 15) is 4.79 Å². The van der Waals surface area contributed by atoms with Gasteiger partial charge in [-0.25, -0.2) is 4.98 Å². The summed E-state index contributed by atoms with van der Waals surface area (Å²) in [5.41, 5.74) is 0.424. The summed E-state index contributed by atoms with van der Waals surface area (Å²) >= 11 is 0. The Morgan fingerprint density at radius 2 is 2.27 bits per heavy atom. The largest absolute Gasteiger partial charge is 0.475 e. The molecule has 26 heavy (non-hydrogen) atoms. The van der Waals surface area contributed by atoms with Gasteiger partial charge in [-0.2, -0.15) is 0 Å². The topological polar surface area (TPSA) is 74.0 Å². The number of methoxy groups -OCH3 is 1. The number of furan rings is 1. The zero-order valence-corrected chi connectivity index (χ0v) is 14.9. The fraction of sp³-hybridized carbons (Fsp3) is 0.474. The lowest BCUT2D eigenvalue weighted by Gasteiger charge is -2.25. The maximum atomic E-state index is 13.2. The molecule has 3 rings (SSSR count). The molecule has 0 saturated carbocycles. The third-order valence-corrected chi connectivity index (χ3v) is 4.19. The van der Waals surface area contributed by atoms with Crippen LogP contribution in [0.1, 0.15) is 29.0 Å². The van der Waals surface area contributed by atoms with Crippen molar-refractivity contribution in [1.29, 1.82) is 0 Å². The SMILES string of the molecule is COCCOc1ncccc1C(=O)N(Cc1ccco1)CC1CCCO1.